The summed E-state index contributed by atoms with van der Waals surface area (Å²) in [6.07, 6.45) is 3.51. The minimum Gasteiger partial charge on any atom is -0.393 e. The van der Waals surface area contributed by atoms with Crippen molar-refractivity contribution in [1.82, 2.24) is 20.3 Å². The summed E-state index contributed by atoms with van der Waals surface area (Å²) in [5.74, 6) is 1.24. The Bertz CT molecular complexity index is 1020. The SMILES string of the molecule is Cc1ccc2nc(Nc3ncnc(NC4CC(C)(C)NC(C)(C)C4)c3N)sc2c1. The monoisotopic (exact) mass is 411 g/mol. The Morgan fingerprint density at radius 1 is 1.10 bits per heavy atom. The number of nitrogens with zero attached hydrogens (tertiary/aromatic N) is 3. The van der Waals surface area contributed by atoms with Gasteiger partial charge in [0.1, 0.15) is 12.0 Å². The van der Waals surface area contributed by atoms with E-state index in [0.717, 1.165) is 28.2 Å². The molecule has 0 bridgehead atoms. The Morgan fingerprint density at radius 3 is 2.52 bits per heavy atom. The second kappa shape index (κ2) is 7.11. The van der Waals surface area contributed by atoms with Gasteiger partial charge < -0.3 is 21.7 Å². The van der Waals surface area contributed by atoms with Crippen LogP contribution >= 0.6 is 11.3 Å². The van der Waals surface area contributed by atoms with Crippen LogP contribution in [0, 0.1) is 6.92 Å². The molecule has 0 saturated carbocycles. The van der Waals surface area contributed by atoms with Gasteiger partial charge in [0.2, 0.25) is 0 Å². The zero-order chi connectivity index (χ0) is 20.8. The summed E-state index contributed by atoms with van der Waals surface area (Å²) < 4.78 is 1.14. The standard InChI is InChI=1S/C21H29N7S/c1-12-6-7-14-15(8-12)29-19(26-14)27-18-16(22)17(23-11-24-18)25-13-9-20(2,3)28-21(4,5)10-13/h6-8,11,13,28H,9-10,22H2,1-5H3,(H2,23,24,25,26,27). The number of benzene rings is 1. The molecule has 0 unspecified atom stereocenters. The average Bonchev–Trinajstić information content (AvgIpc) is 2.97. The van der Waals surface area contributed by atoms with Crippen LogP contribution in [-0.2, 0) is 0 Å². The lowest BCUT2D eigenvalue weighted by atomic mass is 9.79. The van der Waals surface area contributed by atoms with E-state index in [4.69, 9.17) is 5.73 Å². The quantitative estimate of drug-likeness (QED) is 0.503. The predicted molar refractivity (Wildman–Crippen MR) is 122 cm³/mol. The van der Waals surface area contributed by atoms with Gasteiger partial charge >= 0.3 is 0 Å². The van der Waals surface area contributed by atoms with Crippen molar-refractivity contribution in [1.29, 1.82) is 0 Å². The molecule has 4 rings (SSSR count). The molecule has 8 heteroatoms. The first-order chi connectivity index (χ1) is 13.6. The third kappa shape index (κ3) is 4.43. The van der Waals surface area contributed by atoms with Crippen LogP contribution in [0.5, 0.6) is 0 Å². The van der Waals surface area contributed by atoms with Crippen LogP contribution in [0.15, 0.2) is 24.5 Å². The Kier molecular flexibility index (Phi) is 4.86. The molecule has 3 aromatic rings. The van der Waals surface area contributed by atoms with E-state index in [0.29, 0.717) is 17.3 Å². The van der Waals surface area contributed by atoms with Crippen molar-refractivity contribution in [3.05, 3.63) is 30.1 Å². The maximum absolute atomic E-state index is 6.41. The van der Waals surface area contributed by atoms with Crippen molar-refractivity contribution in [3.63, 3.8) is 0 Å². The highest BCUT2D eigenvalue weighted by Crippen LogP contribution is 2.34. The lowest BCUT2D eigenvalue weighted by Crippen LogP contribution is -2.60. The summed E-state index contributed by atoms with van der Waals surface area (Å²) in [4.78, 5) is 13.4. The second-order valence-electron chi connectivity index (χ2n) is 9.24. The molecule has 1 aliphatic heterocycles. The van der Waals surface area contributed by atoms with Gasteiger partial charge in [-0.1, -0.05) is 17.4 Å². The maximum Gasteiger partial charge on any atom is 0.189 e. The molecule has 0 atom stereocenters. The van der Waals surface area contributed by atoms with Crippen molar-refractivity contribution in [2.24, 2.45) is 0 Å². The molecule has 1 fully saturated rings. The van der Waals surface area contributed by atoms with Crippen molar-refractivity contribution in [3.8, 4) is 0 Å². The number of fused-ring (bicyclic) bond motifs is 1. The third-order valence-electron chi connectivity index (χ3n) is 5.18. The Balaban J connectivity index is 1.55. The summed E-state index contributed by atoms with van der Waals surface area (Å²) in [5.41, 5.74) is 9.19. The predicted octanol–water partition coefficient (Wildman–Crippen LogP) is 4.44. The Hall–Kier alpha value is -2.45. The number of nitrogen functional groups attached to an aromatic ring is 1. The van der Waals surface area contributed by atoms with E-state index in [-0.39, 0.29) is 17.1 Å². The van der Waals surface area contributed by atoms with E-state index in [2.05, 4.69) is 77.7 Å². The minimum absolute atomic E-state index is 0.0431. The van der Waals surface area contributed by atoms with Gasteiger partial charge in [-0.05, 0) is 65.2 Å². The first kappa shape index (κ1) is 19.8. The normalized spacial score (nSPS) is 18.7. The summed E-state index contributed by atoms with van der Waals surface area (Å²) in [5, 5.41) is 11.3. The van der Waals surface area contributed by atoms with Gasteiger partial charge in [0.25, 0.3) is 0 Å². The number of nitrogens with two attached hydrogens (primary N) is 1. The fraction of sp³-hybridized carbons (Fsp3) is 0.476. The molecule has 1 aromatic carbocycles. The van der Waals surface area contributed by atoms with Gasteiger partial charge in [0.05, 0.1) is 10.2 Å². The highest BCUT2D eigenvalue weighted by molar-refractivity contribution is 7.22. The minimum atomic E-state index is 0.0431. The lowest BCUT2D eigenvalue weighted by Gasteiger charge is -2.46. The van der Waals surface area contributed by atoms with Crippen molar-refractivity contribution in [2.45, 2.75) is 64.6 Å². The fourth-order valence-corrected chi connectivity index (χ4v) is 5.38. The average molecular weight is 412 g/mol. The molecule has 1 saturated heterocycles. The summed E-state index contributed by atoms with van der Waals surface area (Å²) in [6, 6.07) is 6.50. The van der Waals surface area contributed by atoms with Crippen molar-refractivity contribution >= 4 is 44.0 Å². The zero-order valence-corrected chi connectivity index (χ0v) is 18.4. The molecular weight excluding hydrogens is 382 g/mol. The molecule has 1 aliphatic rings. The molecule has 0 aliphatic carbocycles. The van der Waals surface area contributed by atoms with Gasteiger partial charge in [-0.2, -0.15) is 0 Å². The number of aromatic nitrogens is 3. The lowest BCUT2D eigenvalue weighted by molar-refractivity contribution is 0.170. The fourth-order valence-electron chi connectivity index (χ4n) is 4.41. The first-order valence-electron chi connectivity index (χ1n) is 9.91. The van der Waals surface area contributed by atoms with Gasteiger partial charge in [-0.25, -0.2) is 15.0 Å². The van der Waals surface area contributed by atoms with Crippen LogP contribution in [0.2, 0.25) is 0 Å². The third-order valence-corrected chi connectivity index (χ3v) is 6.12. The first-order valence-corrected chi connectivity index (χ1v) is 10.7. The van der Waals surface area contributed by atoms with E-state index in [9.17, 15) is 0 Å². The van der Waals surface area contributed by atoms with E-state index in [1.807, 2.05) is 6.07 Å². The molecule has 7 nitrogen and oxygen atoms in total. The Labute approximate surface area is 175 Å². The molecular formula is C21H29N7S. The number of anilines is 4. The van der Waals surface area contributed by atoms with Crippen LogP contribution in [0.3, 0.4) is 0 Å². The maximum atomic E-state index is 6.41. The second-order valence-corrected chi connectivity index (χ2v) is 10.3. The number of hydrogen-bond donors (Lipinski definition) is 4. The topological polar surface area (TPSA) is 101 Å². The number of hydrogen-bond acceptors (Lipinski definition) is 8. The van der Waals surface area contributed by atoms with E-state index in [1.54, 1.807) is 11.3 Å². The largest absolute Gasteiger partial charge is 0.393 e. The van der Waals surface area contributed by atoms with Gasteiger partial charge in [-0.15, -0.1) is 0 Å². The number of rotatable bonds is 4. The van der Waals surface area contributed by atoms with Gasteiger partial charge in [0.15, 0.2) is 16.8 Å². The molecule has 29 heavy (non-hydrogen) atoms. The molecule has 0 amide bonds. The van der Waals surface area contributed by atoms with Crippen LogP contribution in [-0.4, -0.2) is 32.1 Å². The molecule has 154 valence electrons. The van der Waals surface area contributed by atoms with Gasteiger partial charge in [-0.3, -0.25) is 0 Å². The van der Waals surface area contributed by atoms with Crippen LogP contribution in [0.25, 0.3) is 10.2 Å². The summed E-state index contributed by atoms with van der Waals surface area (Å²) >= 11 is 1.59. The van der Waals surface area contributed by atoms with Crippen molar-refractivity contribution < 1.29 is 0 Å². The van der Waals surface area contributed by atoms with Gasteiger partial charge in [0, 0.05) is 17.1 Å². The van der Waals surface area contributed by atoms with Crippen LogP contribution in [0.1, 0.15) is 46.1 Å². The van der Waals surface area contributed by atoms with E-state index < -0.39 is 0 Å². The van der Waals surface area contributed by atoms with Crippen LogP contribution < -0.4 is 21.7 Å². The number of piperidine rings is 1. The van der Waals surface area contributed by atoms with E-state index in [1.165, 1.54) is 11.9 Å². The molecule has 3 heterocycles. The molecule has 0 spiro atoms. The molecule has 0 radical (unpaired) electrons. The highest BCUT2D eigenvalue weighted by atomic mass is 32.1. The Morgan fingerprint density at radius 2 is 1.79 bits per heavy atom. The number of nitrogens with one attached hydrogen (secondary N) is 3. The van der Waals surface area contributed by atoms with E-state index >= 15 is 0 Å². The van der Waals surface area contributed by atoms with Crippen LogP contribution in [0.4, 0.5) is 22.5 Å². The highest BCUT2D eigenvalue weighted by Gasteiger charge is 2.37. The summed E-state index contributed by atoms with van der Waals surface area (Å²) in [7, 11) is 0. The number of aryl methyl sites for hydroxylation is 1. The summed E-state index contributed by atoms with van der Waals surface area (Å²) in [6.45, 7) is 11.0. The molecule has 5 N–H and O–H groups in total. The zero-order valence-electron chi connectivity index (χ0n) is 17.6. The van der Waals surface area contributed by atoms with Crippen molar-refractivity contribution in [2.75, 3.05) is 16.4 Å². The smallest absolute Gasteiger partial charge is 0.189 e. The number of thiazole rings is 1. The molecule has 2 aromatic heterocycles.